The molecule has 130 valence electrons. The summed E-state index contributed by atoms with van der Waals surface area (Å²) in [5.74, 6) is 0. The van der Waals surface area contributed by atoms with Crippen molar-refractivity contribution in [1.82, 2.24) is 24.6 Å². The van der Waals surface area contributed by atoms with Crippen LogP contribution in [0.2, 0.25) is 0 Å². The molecule has 0 saturated carbocycles. The molecule has 0 bridgehead atoms. The Morgan fingerprint density at radius 3 is 2.81 bits per heavy atom. The van der Waals surface area contributed by atoms with Gasteiger partial charge in [0.05, 0.1) is 5.69 Å². The molecular formula is C20H20N6. The van der Waals surface area contributed by atoms with Gasteiger partial charge in [0.25, 0.3) is 0 Å². The van der Waals surface area contributed by atoms with E-state index in [2.05, 4.69) is 74.4 Å². The van der Waals surface area contributed by atoms with Crippen LogP contribution in [0, 0.1) is 0 Å². The minimum absolute atomic E-state index is 0.917. The second-order valence-electron chi connectivity index (χ2n) is 6.79. The molecule has 0 radical (unpaired) electrons. The number of fused-ring (bicyclic) bond motifs is 2. The molecule has 6 nitrogen and oxygen atoms in total. The Bertz CT molecular complexity index is 1050. The maximum absolute atomic E-state index is 4.26. The monoisotopic (exact) mass is 344 g/mol. The van der Waals surface area contributed by atoms with E-state index in [9.17, 15) is 0 Å². The highest BCUT2D eigenvalue weighted by atomic mass is 15.3. The lowest BCUT2D eigenvalue weighted by Crippen LogP contribution is -2.26. The van der Waals surface area contributed by atoms with Gasteiger partial charge in [-0.3, -0.25) is 0 Å². The molecule has 0 amide bonds. The van der Waals surface area contributed by atoms with Crippen LogP contribution in [0.5, 0.6) is 0 Å². The average molecular weight is 344 g/mol. The molecule has 26 heavy (non-hydrogen) atoms. The van der Waals surface area contributed by atoms with Crippen molar-refractivity contribution in [2.75, 3.05) is 25.0 Å². The number of aromatic amines is 1. The van der Waals surface area contributed by atoms with Gasteiger partial charge in [-0.2, -0.15) is 5.10 Å². The smallest absolute Gasteiger partial charge is 0.138 e. The Balaban J connectivity index is 1.61. The number of nitrogens with zero attached hydrogens (tertiary/aromatic N) is 5. The van der Waals surface area contributed by atoms with E-state index in [1.54, 1.807) is 17.3 Å². The molecule has 3 heterocycles. The van der Waals surface area contributed by atoms with Crippen LogP contribution in [0.3, 0.4) is 0 Å². The van der Waals surface area contributed by atoms with E-state index in [-0.39, 0.29) is 0 Å². The van der Waals surface area contributed by atoms with Crippen molar-refractivity contribution in [3.05, 3.63) is 66.9 Å². The minimum atomic E-state index is 0.917. The number of likely N-dealkylation sites (N-methyl/N-ethyl adjacent to an activating group) is 1. The molecule has 0 atom stereocenters. The number of nitrogens with one attached hydrogen (secondary N) is 1. The summed E-state index contributed by atoms with van der Waals surface area (Å²) in [6.07, 6.45) is 5.29. The van der Waals surface area contributed by atoms with E-state index in [0.29, 0.717) is 0 Å². The minimum Gasteiger partial charge on any atom is -0.361 e. The molecule has 1 aliphatic heterocycles. The summed E-state index contributed by atoms with van der Waals surface area (Å²) in [6.45, 7) is 2.89. The Hall–Kier alpha value is -3.12. The third kappa shape index (κ3) is 2.55. The summed E-state index contributed by atoms with van der Waals surface area (Å²) in [7, 11) is 2.17. The molecule has 1 N–H and O–H groups in total. The number of hydrogen-bond acceptors (Lipinski definition) is 4. The molecular weight excluding hydrogens is 324 g/mol. The number of anilines is 2. The topological polar surface area (TPSA) is 53.0 Å². The van der Waals surface area contributed by atoms with E-state index in [4.69, 9.17) is 0 Å². The predicted octanol–water partition coefficient (Wildman–Crippen LogP) is 3.33. The van der Waals surface area contributed by atoms with E-state index >= 15 is 0 Å². The summed E-state index contributed by atoms with van der Waals surface area (Å²) >= 11 is 0. The molecule has 5 rings (SSSR count). The molecule has 2 aromatic heterocycles. The van der Waals surface area contributed by atoms with E-state index in [1.165, 1.54) is 27.8 Å². The van der Waals surface area contributed by atoms with Crippen LogP contribution >= 0.6 is 0 Å². The molecule has 0 aliphatic carbocycles. The SMILES string of the molecule is CN1CCN(c2ccc3[nH]ccc3c2)c2ccc(-n3cncn3)cc2C1. The summed E-state index contributed by atoms with van der Waals surface area (Å²) in [5, 5.41) is 5.50. The second kappa shape index (κ2) is 6.00. The van der Waals surface area contributed by atoms with Crippen molar-refractivity contribution in [3.8, 4) is 5.69 Å². The Morgan fingerprint density at radius 2 is 1.92 bits per heavy atom. The normalized spacial score (nSPS) is 15.2. The van der Waals surface area contributed by atoms with Gasteiger partial charge in [0.2, 0.25) is 0 Å². The van der Waals surface area contributed by atoms with Crippen molar-refractivity contribution in [3.63, 3.8) is 0 Å². The first-order chi connectivity index (χ1) is 12.8. The van der Waals surface area contributed by atoms with Gasteiger partial charge < -0.3 is 14.8 Å². The fraction of sp³-hybridized carbons (Fsp3) is 0.200. The number of H-pyrrole nitrogens is 1. The fourth-order valence-electron chi connectivity index (χ4n) is 3.68. The first-order valence-corrected chi connectivity index (χ1v) is 8.79. The van der Waals surface area contributed by atoms with Gasteiger partial charge >= 0.3 is 0 Å². The average Bonchev–Trinajstić information content (AvgIpc) is 3.31. The van der Waals surface area contributed by atoms with Gasteiger partial charge in [0.1, 0.15) is 12.7 Å². The Morgan fingerprint density at radius 1 is 1.00 bits per heavy atom. The first-order valence-electron chi connectivity index (χ1n) is 8.79. The predicted molar refractivity (Wildman–Crippen MR) is 103 cm³/mol. The van der Waals surface area contributed by atoms with Crippen molar-refractivity contribution >= 4 is 22.3 Å². The van der Waals surface area contributed by atoms with Crippen LogP contribution in [0.25, 0.3) is 16.6 Å². The summed E-state index contributed by atoms with van der Waals surface area (Å²) < 4.78 is 1.81. The molecule has 0 unspecified atom stereocenters. The molecule has 6 heteroatoms. The van der Waals surface area contributed by atoms with Crippen molar-refractivity contribution in [2.24, 2.45) is 0 Å². The van der Waals surface area contributed by atoms with Gasteiger partial charge in [-0.15, -0.1) is 0 Å². The highest BCUT2D eigenvalue weighted by Crippen LogP contribution is 2.34. The van der Waals surface area contributed by atoms with Crippen LogP contribution in [-0.4, -0.2) is 44.8 Å². The van der Waals surface area contributed by atoms with Gasteiger partial charge in [-0.05, 0) is 55.1 Å². The van der Waals surface area contributed by atoms with E-state index in [1.807, 2.05) is 6.20 Å². The third-order valence-electron chi connectivity index (χ3n) is 5.03. The summed E-state index contributed by atoms with van der Waals surface area (Å²) in [4.78, 5) is 12.1. The molecule has 4 aromatic rings. The molecule has 0 fully saturated rings. The molecule has 0 saturated heterocycles. The first kappa shape index (κ1) is 15.2. The van der Waals surface area contributed by atoms with Crippen molar-refractivity contribution < 1.29 is 0 Å². The van der Waals surface area contributed by atoms with E-state index < -0.39 is 0 Å². The van der Waals surface area contributed by atoms with Crippen LogP contribution in [0.15, 0.2) is 61.3 Å². The largest absolute Gasteiger partial charge is 0.361 e. The lowest BCUT2D eigenvalue weighted by molar-refractivity contribution is 0.343. The fourth-order valence-corrected chi connectivity index (χ4v) is 3.68. The zero-order valence-corrected chi connectivity index (χ0v) is 14.6. The van der Waals surface area contributed by atoms with Crippen molar-refractivity contribution in [1.29, 1.82) is 0 Å². The van der Waals surface area contributed by atoms with Crippen molar-refractivity contribution in [2.45, 2.75) is 6.54 Å². The maximum atomic E-state index is 4.26. The number of benzene rings is 2. The van der Waals surface area contributed by atoms with Crippen LogP contribution < -0.4 is 4.90 Å². The van der Waals surface area contributed by atoms with Crippen LogP contribution in [0.4, 0.5) is 11.4 Å². The van der Waals surface area contributed by atoms with Crippen LogP contribution in [-0.2, 0) is 6.54 Å². The zero-order valence-electron chi connectivity index (χ0n) is 14.6. The lowest BCUT2D eigenvalue weighted by Gasteiger charge is -2.25. The number of hydrogen-bond donors (Lipinski definition) is 1. The van der Waals surface area contributed by atoms with Crippen LogP contribution in [0.1, 0.15) is 5.56 Å². The Kier molecular flexibility index (Phi) is 3.50. The number of rotatable bonds is 2. The summed E-state index contributed by atoms with van der Waals surface area (Å²) in [5.41, 5.74) is 5.99. The van der Waals surface area contributed by atoms with E-state index in [0.717, 1.165) is 25.3 Å². The second-order valence-corrected chi connectivity index (χ2v) is 6.79. The van der Waals surface area contributed by atoms with Gasteiger partial charge in [0, 0.05) is 48.1 Å². The maximum Gasteiger partial charge on any atom is 0.138 e. The lowest BCUT2D eigenvalue weighted by atomic mass is 10.1. The molecule has 2 aromatic carbocycles. The summed E-state index contributed by atoms with van der Waals surface area (Å²) in [6, 6.07) is 15.3. The Labute approximate surface area is 151 Å². The number of aromatic nitrogens is 4. The zero-order chi connectivity index (χ0) is 17.5. The quantitative estimate of drug-likeness (QED) is 0.606. The van der Waals surface area contributed by atoms with Gasteiger partial charge in [-0.1, -0.05) is 0 Å². The highest BCUT2D eigenvalue weighted by Gasteiger charge is 2.20. The molecule has 1 aliphatic rings. The highest BCUT2D eigenvalue weighted by molar-refractivity contribution is 5.85. The standard InChI is InChI=1S/C20H20N6/c1-24-8-9-25(17-2-4-19-15(10-17)6-7-22-19)20-5-3-18(11-16(20)12-24)26-14-21-13-23-26/h2-7,10-11,13-14,22H,8-9,12H2,1H3. The van der Waals surface area contributed by atoms with Gasteiger partial charge in [-0.25, -0.2) is 9.67 Å². The van der Waals surface area contributed by atoms with Gasteiger partial charge in [0.15, 0.2) is 0 Å². The molecule has 0 spiro atoms. The third-order valence-corrected chi connectivity index (χ3v) is 5.03.